The van der Waals surface area contributed by atoms with Crippen molar-refractivity contribution in [2.24, 2.45) is 0 Å². The smallest absolute Gasteiger partial charge is 0.252 e. The highest BCUT2D eigenvalue weighted by molar-refractivity contribution is 7.98. The molecule has 3 rings (SSSR count). The van der Waals surface area contributed by atoms with Gasteiger partial charge in [-0.1, -0.05) is 41.6 Å². The summed E-state index contributed by atoms with van der Waals surface area (Å²) in [6.07, 6.45) is 0. The van der Waals surface area contributed by atoms with Gasteiger partial charge in [-0.15, -0.1) is 11.8 Å². The standard InChI is InChI=1S/C21H22N2O3S/c1-15-11-18(26-23-15)14-27-20-10-6-5-9-19(20)21(24)22-12-16-7-3-4-8-17(16)13-25-2/h3-11H,12-14H2,1-2H3,(H,22,24). The summed E-state index contributed by atoms with van der Waals surface area (Å²) in [7, 11) is 1.67. The largest absolute Gasteiger partial charge is 0.380 e. The monoisotopic (exact) mass is 382 g/mol. The van der Waals surface area contributed by atoms with Crippen molar-refractivity contribution in [2.45, 2.75) is 30.7 Å². The average Bonchev–Trinajstić information content (AvgIpc) is 3.11. The first-order chi connectivity index (χ1) is 13.2. The maximum Gasteiger partial charge on any atom is 0.252 e. The summed E-state index contributed by atoms with van der Waals surface area (Å²) in [6.45, 7) is 2.87. The molecule has 0 atom stereocenters. The quantitative estimate of drug-likeness (QED) is 0.587. The number of amides is 1. The van der Waals surface area contributed by atoms with Gasteiger partial charge >= 0.3 is 0 Å². The van der Waals surface area contributed by atoms with Crippen LogP contribution in [0.15, 0.2) is 64.0 Å². The molecular weight excluding hydrogens is 360 g/mol. The molecule has 6 heteroatoms. The molecule has 5 nitrogen and oxygen atoms in total. The fourth-order valence-electron chi connectivity index (χ4n) is 2.71. The molecule has 0 aliphatic carbocycles. The predicted molar refractivity (Wildman–Crippen MR) is 106 cm³/mol. The van der Waals surface area contributed by atoms with E-state index in [0.29, 0.717) is 24.5 Å². The van der Waals surface area contributed by atoms with Crippen LogP contribution < -0.4 is 5.32 Å². The lowest BCUT2D eigenvalue weighted by Gasteiger charge is -2.12. The number of hydrogen-bond acceptors (Lipinski definition) is 5. The second-order valence-corrected chi connectivity index (χ2v) is 7.12. The van der Waals surface area contributed by atoms with Crippen LogP contribution in [0, 0.1) is 6.92 Å². The van der Waals surface area contributed by atoms with E-state index in [-0.39, 0.29) is 5.91 Å². The summed E-state index contributed by atoms with van der Waals surface area (Å²) in [5.41, 5.74) is 3.63. The number of aryl methyl sites for hydroxylation is 1. The van der Waals surface area contributed by atoms with E-state index < -0.39 is 0 Å². The second kappa shape index (κ2) is 9.39. The summed E-state index contributed by atoms with van der Waals surface area (Å²) >= 11 is 1.56. The van der Waals surface area contributed by atoms with Gasteiger partial charge in [0, 0.05) is 24.6 Å². The highest BCUT2D eigenvalue weighted by Crippen LogP contribution is 2.26. The fourth-order valence-corrected chi connectivity index (χ4v) is 3.64. The highest BCUT2D eigenvalue weighted by atomic mass is 32.2. The molecule has 1 N–H and O–H groups in total. The summed E-state index contributed by atoms with van der Waals surface area (Å²) in [4.78, 5) is 13.6. The Hall–Kier alpha value is -2.57. The van der Waals surface area contributed by atoms with E-state index in [0.717, 1.165) is 27.5 Å². The molecule has 140 valence electrons. The van der Waals surface area contributed by atoms with Crippen molar-refractivity contribution in [3.05, 3.63) is 82.7 Å². The zero-order valence-electron chi connectivity index (χ0n) is 15.4. The molecule has 0 bridgehead atoms. The van der Waals surface area contributed by atoms with E-state index in [1.807, 2.05) is 61.5 Å². The summed E-state index contributed by atoms with van der Waals surface area (Å²) < 4.78 is 10.5. The molecule has 0 radical (unpaired) electrons. The maximum absolute atomic E-state index is 12.7. The Morgan fingerprint density at radius 3 is 2.63 bits per heavy atom. The molecule has 3 aromatic rings. The topological polar surface area (TPSA) is 64.4 Å². The van der Waals surface area contributed by atoms with E-state index in [1.54, 1.807) is 18.9 Å². The Bertz CT molecular complexity index is 908. The van der Waals surface area contributed by atoms with Crippen molar-refractivity contribution >= 4 is 17.7 Å². The number of carbonyl (C=O) groups is 1. The first-order valence-electron chi connectivity index (χ1n) is 8.65. The number of nitrogens with zero attached hydrogens (tertiary/aromatic N) is 1. The van der Waals surface area contributed by atoms with Crippen LogP contribution in [0.3, 0.4) is 0 Å². The van der Waals surface area contributed by atoms with Crippen molar-refractivity contribution in [1.29, 1.82) is 0 Å². The van der Waals surface area contributed by atoms with Gasteiger partial charge < -0.3 is 14.6 Å². The van der Waals surface area contributed by atoms with E-state index in [4.69, 9.17) is 9.26 Å². The summed E-state index contributed by atoms with van der Waals surface area (Å²) in [5.74, 6) is 1.32. The molecule has 0 fully saturated rings. The number of carbonyl (C=O) groups excluding carboxylic acids is 1. The van der Waals surface area contributed by atoms with Crippen LogP contribution in [0.4, 0.5) is 0 Å². The van der Waals surface area contributed by atoms with Gasteiger partial charge in [0.05, 0.1) is 23.6 Å². The Labute approximate surface area is 163 Å². The third-order valence-electron chi connectivity index (χ3n) is 4.04. The number of methoxy groups -OCH3 is 1. The van der Waals surface area contributed by atoms with Gasteiger partial charge in [0.2, 0.25) is 0 Å². The van der Waals surface area contributed by atoms with Crippen molar-refractivity contribution in [2.75, 3.05) is 7.11 Å². The van der Waals surface area contributed by atoms with Gasteiger partial charge in [-0.25, -0.2) is 0 Å². The van der Waals surface area contributed by atoms with Gasteiger partial charge in [0.1, 0.15) is 5.76 Å². The van der Waals surface area contributed by atoms with Crippen molar-refractivity contribution < 1.29 is 14.1 Å². The molecule has 1 amide bonds. The van der Waals surface area contributed by atoms with Crippen LogP contribution in [0.2, 0.25) is 0 Å². The Morgan fingerprint density at radius 1 is 1.15 bits per heavy atom. The van der Waals surface area contributed by atoms with E-state index in [1.165, 1.54) is 0 Å². The van der Waals surface area contributed by atoms with Crippen molar-refractivity contribution in [3.63, 3.8) is 0 Å². The number of nitrogens with one attached hydrogen (secondary N) is 1. The van der Waals surface area contributed by atoms with Gasteiger partial charge in [-0.3, -0.25) is 4.79 Å². The van der Waals surface area contributed by atoms with Crippen molar-refractivity contribution in [1.82, 2.24) is 10.5 Å². The SMILES string of the molecule is COCc1ccccc1CNC(=O)c1ccccc1SCc1cc(C)no1. The average molecular weight is 382 g/mol. The first kappa shape index (κ1) is 19.2. The number of thioether (sulfide) groups is 1. The lowest BCUT2D eigenvalue weighted by molar-refractivity contribution is 0.0947. The van der Waals surface area contributed by atoms with Gasteiger partial charge in [-0.2, -0.15) is 0 Å². The molecule has 1 aromatic heterocycles. The second-order valence-electron chi connectivity index (χ2n) is 6.10. The number of rotatable bonds is 8. The fraction of sp³-hybridized carbons (Fsp3) is 0.238. The minimum atomic E-state index is -0.0981. The van der Waals surface area contributed by atoms with Crippen LogP contribution in [-0.4, -0.2) is 18.2 Å². The highest BCUT2D eigenvalue weighted by Gasteiger charge is 2.13. The minimum absolute atomic E-state index is 0.0981. The molecule has 27 heavy (non-hydrogen) atoms. The lowest BCUT2D eigenvalue weighted by Crippen LogP contribution is -2.24. The Kier molecular flexibility index (Phi) is 6.68. The molecule has 1 heterocycles. The maximum atomic E-state index is 12.7. The van der Waals surface area contributed by atoms with Crippen LogP contribution in [0.25, 0.3) is 0 Å². The van der Waals surface area contributed by atoms with E-state index >= 15 is 0 Å². The third-order valence-corrected chi connectivity index (χ3v) is 5.13. The Balaban J connectivity index is 1.66. The molecular formula is C21H22N2O3S. The summed E-state index contributed by atoms with van der Waals surface area (Å²) in [5, 5.41) is 6.91. The zero-order valence-corrected chi connectivity index (χ0v) is 16.2. The lowest BCUT2D eigenvalue weighted by atomic mass is 10.1. The van der Waals surface area contributed by atoms with Crippen LogP contribution in [0.5, 0.6) is 0 Å². The molecule has 0 aliphatic heterocycles. The molecule has 0 saturated heterocycles. The Morgan fingerprint density at radius 2 is 1.89 bits per heavy atom. The predicted octanol–water partition coefficient (Wildman–Crippen LogP) is 4.35. The normalized spacial score (nSPS) is 10.7. The minimum Gasteiger partial charge on any atom is -0.380 e. The third kappa shape index (κ3) is 5.21. The van der Waals surface area contributed by atoms with Gasteiger partial charge in [-0.05, 0) is 30.2 Å². The molecule has 2 aromatic carbocycles. The molecule has 0 aliphatic rings. The first-order valence-corrected chi connectivity index (χ1v) is 9.64. The van der Waals surface area contributed by atoms with Crippen LogP contribution in [0.1, 0.15) is 32.9 Å². The number of benzene rings is 2. The number of ether oxygens (including phenoxy) is 1. The number of aromatic nitrogens is 1. The van der Waals surface area contributed by atoms with Gasteiger partial charge in [0.15, 0.2) is 0 Å². The molecule has 0 unspecified atom stereocenters. The summed E-state index contributed by atoms with van der Waals surface area (Å²) in [6, 6.07) is 17.4. The van der Waals surface area contributed by atoms with Gasteiger partial charge in [0.25, 0.3) is 5.91 Å². The molecule has 0 spiro atoms. The van der Waals surface area contributed by atoms with Crippen molar-refractivity contribution in [3.8, 4) is 0 Å². The molecule has 0 saturated carbocycles. The number of hydrogen-bond donors (Lipinski definition) is 1. The van der Waals surface area contributed by atoms with E-state index in [9.17, 15) is 4.79 Å². The zero-order chi connectivity index (χ0) is 19.1. The van der Waals surface area contributed by atoms with Crippen LogP contribution in [-0.2, 0) is 23.6 Å². The van der Waals surface area contributed by atoms with Crippen LogP contribution >= 0.6 is 11.8 Å². The van der Waals surface area contributed by atoms with E-state index in [2.05, 4.69) is 10.5 Å².